The van der Waals surface area contributed by atoms with Crippen molar-refractivity contribution in [1.82, 2.24) is 14.8 Å². The molecule has 0 amide bonds. The van der Waals surface area contributed by atoms with Crippen LogP contribution in [0.15, 0.2) is 35.1 Å². The lowest BCUT2D eigenvalue weighted by molar-refractivity contribution is 0.273. The lowest BCUT2D eigenvalue weighted by Crippen LogP contribution is -2.15. The first-order valence-corrected chi connectivity index (χ1v) is 9.23. The number of halogens is 1. The number of aryl methyl sites for hydroxylation is 2. The van der Waals surface area contributed by atoms with E-state index in [2.05, 4.69) is 16.3 Å². The molecule has 1 heterocycles. The highest BCUT2D eigenvalue weighted by molar-refractivity contribution is 5.49. The molecular formula is C21H21FN4O3. The third-order valence-electron chi connectivity index (χ3n) is 4.57. The van der Waals surface area contributed by atoms with Crippen LogP contribution in [0.4, 0.5) is 4.39 Å². The standard InChI is InChI=1S/C21H21FN4O3/c1-4-13-8-14(11-23)10-16(9-13)29-20-17(7-6-15(5-2)19(20)22)28-12-18-24-25-21(27)26(18)3/h6-10H,4-5,12H2,1-3H3,(H,25,27). The molecule has 0 aliphatic heterocycles. The molecule has 0 aliphatic rings. The summed E-state index contributed by atoms with van der Waals surface area (Å²) in [4.78, 5) is 11.5. The van der Waals surface area contributed by atoms with E-state index in [1.54, 1.807) is 37.4 Å². The molecule has 8 heteroatoms. The van der Waals surface area contributed by atoms with Gasteiger partial charge in [-0.3, -0.25) is 4.57 Å². The fourth-order valence-corrected chi connectivity index (χ4v) is 2.82. The van der Waals surface area contributed by atoms with Gasteiger partial charge in [-0.05, 0) is 48.2 Å². The fourth-order valence-electron chi connectivity index (χ4n) is 2.82. The van der Waals surface area contributed by atoms with E-state index in [0.29, 0.717) is 35.5 Å². The molecule has 3 rings (SSSR count). The Bertz CT molecular complexity index is 1130. The van der Waals surface area contributed by atoms with Crippen molar-refractivity contribution in [2.45, 2.75) is 33.3 Å². The van der Waals surface area contributed by atoms with E-state index < -0.39 is 5.82 Å². The summed E-state index contributed by atoms with van der Waals surface area (Å²) in [6, 6.07) is 10.4. The number of H-pyrrole nitrogens is 1. The van der Waals surface area contributed by atoms with Crippen LogP contribution in [0.5, 0.6) is 17.2 Å². The number of hydrogen-bond donors (Lipinski definition) is 1. The summed E-state index contributed by atoms with van der Waals surface area (Å²) < 4.78 is 27.9. The number of aromatic nitrogens is 3. The molecule has 0 unspecified atom stereocenters. The summed E-state index contributed by atoms with van der Waals surface area (Å²) in [5, 5.41) is 15.4. The third kappa shape index (κ3) is 4.29. The lowest BCUT2D eigenvalue weighted by atomic mass is 10.1. The molecule has 0 atom stereocenters. The predicted molar refractivity (Wildman–Crippen MR) is 105 cm³/mol. The molecule has 0 radical (unpaired) electrons. The monoisotopic (exact) mass is 396 g/mol. The molecule has 1 aromatic heterocycles. The molecule has 0 bridgehead atoms. The largest absolute Gasteiger partial charge is 0.482 e. The Morgan fingerprint density at radius 2 is 2.03 bits per heavy atom. The normalized spacial score (nSPS) is 10.6. The number of nitrogens with zero attached hydrogens (tertiary/aromatic N) is 3. The maximum atomic E-state index is 15.0. The molecule has 29 heavy (non-hydrogen) atoms. The molecule has 0 saturated heterocycles. The smallest absolute Gasteiger partial charge is 0.343 e. The Kier molecular flexibility index (Phi) is 5.98. The van der Waals surface area contributed by atoms with Crippen molar-refractivity contribution < 1.29 is 13.9 Å². The van der Waals surface area contributed by atoms with Gasteiger partial charge in [0.25, 0.3) is 0 Å². The Balaban J connectivity index is 1.97. The number of nitriles is 1. The van der Waals surface area contributed by atoms with Gasteiger partial charge in [0.1, 0.15) is 12.4 Å². The van der Waals surface area contributed by atoms with Crippen LogP contribution >= 0.6 is 0 Å². The number of hydrogen-bond acceptors (Lipinski definition) is 5. The van der Waals surface area contributed by atoms with Crippen molar-refractivity contribution in [3.05, 3.63) is 69.1 Å². The van der Waals surface area contributed by atoms with E-state index in [9.17, 15) is 10.1 Å². The molecular weight excluding hydrogens is 375 g/mol. The van der Waals surface area contributed by atoms with Crippen LogP contribution in [0.25, 0.3) is 0 Å². The third-order valence-corrected chi connectivity index (χ3v) is 4.57. The van der Waals surface area contributed by atoms with Gasteiger partial charge in [-0.2, -0.15) is 10.4 Å². The first-order chi connectivity index (χ1) is 14.0. The van der Waals surface area contributed by atoms with E-state index in [1.165, 1.54) is 4.57 Å². The molecule has 7 nitrogen and oxygen atoms in total. The van der Waals surface area contributed by atoms with Crippen LogP contribution < -0.4 is 15.2 Å². The van der Waals surface area contributed by atoms with Crippen molar-refractivity contribution in [3.63, 3.8) is 0 Å². The van der Waals surface area contributed by atoms with Gasteiger partial charge in [-0.1, -0.05) is 19.9 Å². The molecule has 0 saturated carbocycles. The first-order valence-electron chi connectivity index (χ1n) is 9.23. The summed E-state index contributed by atoms with van der Waals surface area (Å²) in [5.41, 5.74) is 1.44. The molecule has 150 valence electrons. The zero-order chi connectivity index (χ0) is 21.0. The minimum Gasteiger partial charge on any atom is -0.482 e. The van der Waals surface area contributed by atoms with E-state index in [-0.39, 0.29) is 23.8 Å². The zero-order valence-electron chi connectivity index (χ0n) is 16.5. The van der Waals surface area contributed by atoms with Crippen LogP contribution in [-0.2, 0) is 26.5 Å². The fraction of sp³-hybridized carbons (Fsp3) is 0.286. The Morgan fingerprint density at radius 3 is 2.66 bits per heavy atom. The Labute approximate surface area is 167 Å². The number of benzene rings is 2. The highest BCUT2D eigenvalue weighted by Crippen LogP contribution is 2.37. The van der Waals surface area contributed by atoms with Gasteiger partial charge in [0, 0.05) is 7.05 Å². The summed E-state index contributed by atoms with van der Waals surface area (Å²) >= 11 is 0. The summed E-state index contributed by atoms with van der Waals surface area (Å²) in [7, 11) is 1.56. The number of aromatic amines is 1. The van der Waals surface area contributed by atoms with Crippen LogP contribution in [0, 0.1) is 17.1 Å². The van der Waals surface area contributed by atoms with Crippen molar-refractivity contribution in [3.8, 4) is 23.3 Å². The van der Waals surface area contributed by atoms with Crippen LogP contribution in [-0.4, -0.2) is 14.8 Å². The molecule has 3 aromatic rings. The number of ether oxygens (including phenoxy) is 2. The van der Waals surface area contributed by atoms with E-state index >= 15 is 4.39 Å². The lowest BCUT2D eigenvalue weighted by Gasteiger charge is -2.15. The van der Waals surface area contributed by atoms with Gasteiger partial charge in [0.05, 0.1) is 11.6 Å². The second-order valence-electron chi connectivity index (χ2n) is 6.45. The maximum absolute atomic E-state index is 15.0. The van der Waals surface area contributed by atoms with E-state index in [1.807, 2.05) is 13.8 Å². The maximum Gasteiger partial charge on any atom is 0.343 e. The van der Waals surface area contributed by atoms with Gasteiger partial charge in [0.2, 0.25) is 5.75 Å². The van der Waals surface area contributed by atoms with Crippen LogP contribution in [0.1, 0.15) is 36.4 Å². The predicted octanol–water partition coefficient (Wildman–Crippen LogP) is 3.62. The molecule has 1 N–H and O–H groups in total. The molecule has 0 aliphatic carbocycles. The van der Waals surface area contributed by atoms with Crippen molar-refractivity contribution in [2.75, 3.05) is 0 Å². The summed E-state index contributed by atoms with van der Waals surface area (Å²) in [6.07, 6.45) is 1.19. The minimum atomic E-state index is -0.527. The zero-order valence-corrected chi connectivity index (χ0v) is 16.5. The summed E-state index contributed by atoms with van der Waals surface area (Å²) in [5.74, 6) is 0.296. The van der Waals surface area contributed by atoms with Gasteiger partial charge in [-0.25, -0.2) is 14.3 Å². The highest BCUT2D eigenvalue weighted by atomic mass is 19.1. The second-order valence-corrected chi connectivity index (χ2v) is 6.45. The SMILES string of the molecule is CCc1cc(C#N)cc(Oc2c(OCc3n[nH]c(=O)n3C)ccc(CC)c2F)c1. The summed E-state index contributed by atoms with van der Waals surface area (Å²) in [6.45, 7) is 3.75. The number of nitrogens with one attached hydrogen (secondary N) is 1. The van der Waals surface area contributed by atoms with Crippen molar-refractivity contribution in [2.24, 2.45) is 7.05 Å². The topological polar surface area (TPSA) is 92.9 Å². The van der Waals surface area contributed by atoms with Crippen LogP contribution in [0.2, 0.25) is 0 Å². The van der Waals surface area contributed by atoms with Gasteiger partial charge >= 0.3 is 5.69 Å². The highest BCUT2D eigenvalue weighted by Gasteiger charge is 2.18. The van der Waals surface area contributed by atoms with Gasteiger partial charge in [-0.15, -0.1) is 0 Å². The van der Waals surface area contributed by atoms with Gasteiger partial charge in [0.15, 0.2) is 17.4 Å². The average molecular weight is 396 g/mol. The quantitative estimate of drug-likeness (QED) is 0.658. The molecule has 2 aromatic carbocycles. The minimum absolute atomic E-state index is 0.0467. The number of rotatable bonds is 7. The average Bonchev–Trinajstić information content (AvgIpc) is 3.06. The molecule has 0 spiro atoms. The van der Waals surface area contributed by atoms with Crippen LogP contribution in [0.3, 0.4) is 0 Å². The molecule has 0 fully saturated rings. The Morgan fingerprint density at radius 1 is 1.24 bits per heavy atom. The van der Waals surface area contributed by atoms with Gasteiger partial charge < -0.3 is 9.47 Å². The first kappa shape index (κ1) is 20.1. The van der Waals surface area contributed by atoms with E-state index in [0.717, 1.165) is 5.56 Å². The van der Waals surface area contributed by atoms with Crippen molar-refractivity contribution >= 4 is 0 Å². The van der Waals surface area contributed by atoms with Crippen molar-refractivity contribution in [1.29, 1.82) is 5.26 Å². The Hall–Kier alpha value is -3.60. The second kappa shape index (κ2) is 8.61. The van der Waals surface area contributed by atoms with E-state index in [4.69, 9.17) is 9.47 Å².